The molecule has 0 amide bonds. The molecule has 7 rings (SSSR count). The Bertz CT molecular complexity index is 2250. The number of nitro benzene ring substituents is 2. The molecule has 14 nitrogen and oxygen atoms in total. The Labute approximate surface area is 294 Å². The van der Waals surface area contributed by atoms with E-state index in [9.17, 15) is 30.4 Å². The predicted molar refractivity (Wildman–Crippen MR) is 186 cm³/mol. The van der Waals surface area contributed by atoms with Crippen LogP contribution in [0.5, 0.6) is 23.4 Å². The van der Waals surface area contributed by atoms with Crippen molar-refractivity contribution < 1.29 is 47.5 Å². The summed E-state index contributed by atoms with van der Waals surface area (Å²) in [6, 6.07) is 32.5. The van der Waals surface area contributed by atoms with E-state index < -0.39 is 9.85 Å². The van der Waals surface area contributed by atoms with Gasteiger partial charge in [-0.1, -0.05) is 0 Å². The molecule has 0 saturated carbocycles. The maximum absolute atomic E-state index is 11.4. The molecule has 2 aromatic heterocycles. The van der Waals surface area contributed by atoms with Gasteiger partial charge in [-0.2, -0.15) is 0 Å². The lowest BCUT2D eigenvalue weighted by molar-refractivity contribution is -0.579. The summed E-state index contributed by atoms with van der Waals surface area (Å²) in [7, 11) is 3.09. The summed E-state index contributed by atoms with van der Waals surface area (Å²) in [5.41, 5.74) is 3.59. The topological polar surface area (TPSA) is 179 Å². The third kappa shape index (κ3) is 6.00. The zero-order valence-corrected chi connectivity index (χ0v) is 27.5. The van der Waals surface area contributed by atoms with Crippen molar-refractivity contribution in [2.75, 3.05) is 14.2 Å². The van der Waals surface area contributed by atoms with Gasteiger partial charge in [-0.25, -0.2) is 0 Å². The summed E-state index contributed by atoms with van der Waals surface area (Å²) >= 11 is 0. The molecule has 0 unspecified atom stereocenters. The normalized spacial score (nSPS) is 11.0. The maximum atomic E-state index is 11.4. The van der Waals surface area contributed by atoms with Crippen LogP contribution in [0, 0.1) is 20.2 Å². The molecular weight excluding hydrogens is 672 g/mol. The minimum absolute atomic E-state index is 0.109. The summed E-state index contributed by atoms with van der Waals surface area (Å²) in [6.07, 6.45) is 0. The van der Waals surface area contributed by atoms with Gasteiger partial charge in [0.05, 0.1) is 46.3 Å². The van der Waals surface area contributed by atoms with E-state index in [1.54, 1.807) is 96.2 Å². The first-order valence-electron chi connectivity index (χ1n) is 15.6. The van der Waals surface area contributed by atoms with Gasteiger partial charge < -0.3 is 28.5 Å². The molecule has 0 fully saturated rings. The predicted octanol–water partition coefficient (Wildman–Crippen LogP) is 7.34. The fraction of sp³-hybridized carbons (Fsp3) is 0.0526. The molecule has 5 aromatic carbocycles. The molecule has 2 heterocycles. The molecule has 0 atom stereocenters. The minimum Gasteiger partial charge on any atom is -0.497 e. The van der Waals surface area contributed by atoms with Crippen molar-refractivity contribution in [3.05, 3.63) is 142 Å². The Balaban J connectivity index is 1.40. The van der Waals surface area contributed by atoms with Crippen LogP contribution in [0.25, 0.3) is 56.8 Å². The highest BCUT2D eigenvalue weighted by Crippen LogP contribution is 2.37. The van der Waals surface area contributed by atoms with E-state index in [-0.39, 0.29) is 35.0 Å². The molecule has 7 aromatic rings. The number of nitrogens with zero attached hydrogens (tertiary/aromatic N) is 4. The molecular formula is C38H28N4O10+2. The monoisotopic (exact) mass is 700 g/mol. The van der Waals surface area contributed by atoms with Gasteiger partial charge in [0.25, 0.3) is 11.4 Å². The van der Waals surface area contributed by atoms with Crippen molar-refractivity contribution in [1.82, 2.24) is 0 Å². The highest BCUT2D eigenvalue weighted by Gasteiger charge is 2.36. The quantitative estimate of drug-likeness (QED) is 0.0833. The van der Waals surface area contributed by atoms with Crippen LogP contribution >= 0.6 is 0 Å². The SMILES string of the molecule is COc1ccc(-c2c(O)oc(-c3ccc([N+](=O)[O-])cc3)[n+]2-c2ccc(-[n+]3c(-c4ccc([N+](=O)[O-])cc4)oc(O)c3-c3ccc(OC)cc3)cc2)cc1. The lowest BCUT2D eigenvalue weighted by atomic mass is 10.1. The molecule has 0 aliphatic heterocycles. The zero-order chi connectivity index (χ0) is 36.5. The lowest BCUT2D eigenvalue weighted by Gasteiger charge is -2.04. The number of aromatic nitrogens is 2. The standard InChI is InChI=1S/C38H26N4O10/c1-49-31-19-7-23(8-20-31)33-37(43)51-35(25-3-11-29(12-4-25)41(45)46)39(33)27-15-17-28(18-16-27)40-34(24-9-21-32(50-2)22-10-24)38(44)52-36(40)26-5-13-30(14-6-26)42(47)48/h3-22H,1-2H3/p+2. The number of aromatic hydroxyl groups is 2. The van der Waals surface area contributed by atoms with Gasteiger partial charge in [-0.05, 0) is 72.8 Å². The van der Waals surface area contributed by atoms with Crippen LogP contribution in [0.1, 0.15) is 0 Å². The number of oxazole rings is 2. The maximum Gasteiger partial charge on any atom is 0.390 e. The van der Waals surface area contributed by atoms with Crippen LogP contribution < -0.4 is 18.6 Å². The van der Waals surface area contributed by atoms with Crippen LogP contribution in [-0.2, 0) is 0 Å². The number of ether oxygens (including phenoxy) is 2. The summed E-state index contributed by atoms with van der Waals surface area (Å²) in [5.74, 6) is 0.832. The molecule has 0 saturated heterocycles. The number of nitro groups is 2. The second-order valence-electron chi connectivity index (χ2n) is 11.4. The number of rotatable bonds is 10. The summed E-state index contributed by atoms with van der Waals surface area (Å²) in [4.78, 5) is 21.7. The van der Waals surface area contributed by atoms with E-state index in [1.807, 2.05) is 0 Å². The van der Waals surface area contributed by atoms with Gasteiger partial charge in [0.2, 0.25) is 11.4 Å². The van der Waals surface area contributed by atoms with Crippen LogP contribution in [0.2, 0.25) is 0 Å². The Morgan fingerprint density at radius 2 is 0.808 bits per heavy atom. The van der Waals surface area contributed by atoms with Crippen molar-refractivity contribution in [3.63, 3.8) is 0 Å². The van der Waals surface area contributed by atoms with E-state index in [1.165, 1.54) is 48.5 Å². The Morgan fingerprint density at radius 3 is 1.10 bits per heavy atom. The second-order valence-corrected chi connectivity index (χ2v) is 11.4. The van der Waals surface area contributed by atoms with E-state index in [4.69, 9.17) is 18.3 Å². The zero-order valence-electron chi connectivity index (χ0n) is 27.5. The third-order valence-corrected chi connectivity index (χ3v) is 8.39. The van der Waals surface area contributed by atoms with Gasteiger partial charge in [0, 0.05) is 48.5 Å². The van der Waals surface area contributed by atoms with Crippen molar-refractivity contribution in [2.45, 2.75) is 0 Å². The number of non-ortho nitro benzene ring substituents is 2. The first-order valence-corrected chi connectivity index (χ1v) is 15.6. The highest BCUT2D eigenvalue weighted by atomic mass is 16.6. The molecule has 0 aliphatic rings. The van der Waals surface area contributed by atoms with E-state index >= 15 is 0 Å². The average Bonchev–Trinajstić information content (AvgIpc) is 3.71. The van der Waals surface area contributed by atoms with E-state index in [0.717, 1.165) is 0 Å². The smallest absolute Gasteiger partial charge is 0.390 e. The largest absolute Gasteiger partial charge is 0.497 e. The highest BCUT2D eigenvalue weighted by molar-refractivity contribution is 5.67. The minimum atomic E-state index is -0.505. The van der Waals surface area contributed by atoms with Gasteiger partial charge in [-0.3, -0.25) is 20.2 Å². The summed E-state index contributed by atoms with van der Waals surface area (Å²) < 4.78 is 25.8. The fourth-order valence-corrected chi connectivity index (χ4v) is 5.84. The van der Waals surface area contributed by atoms with Crippen LogP contribution in [-0.4, -0.2) is 34.3 Å². The molecule has 0 spiro atoms. The van der Waals surface area contributed by atoms with Crippen molar-refractivity contribution in [1.29, 1.82) is 0 Å². The van der Waals surface area contributed by atoms with Gasteiger partial charge in [0.15, 0.2) is 0 Å². The molecule has 0 bridgehead atoms. The van der Waals surface area contributed by atoms with Gasteiger partial charge in [0.1, 0.15) is 11.5 Å². The Morgan fingerprint density at radius 1 is 0.500 bits per heavy atom. The number of methoxy groups -OCH3 is 2. The first kappa shape index (κ1) is 33.0. The molecule has 258 valence electrons. The summed E-state index contributed by atoms with van der Waals surface area (Å²) in [5, 5.41) is 45.1. The lowest BCUT2D eigenvalue weighted by Crippen LogP contribution is -2.35. The van der Waals surface area contributed by atoms with Crippen LogP contribution in [0.3, 0.4) is 0 Å². The molecule has 0 aliphatic carbocycles. The molecule has 52 heavy (non-hydrogen) atoms. The summed E-state index contributed by atoms with van der Waals surface area (Å²) in [6.45, 7) is 0. The first-order chi connectivity index (χ1) is 25.2. The fourth-order valence-electron chi connectivity index (χ4n) is 5.84. The number of benzene rings is 5. The Kier molecular flexibility index (Phi) is 8.54. The van der Waals surface area contributed by atoms with Gasteiger partial charge in [-0.15, -0.1) is 9.13 Å². The average molecular weight is 701 g/mol. The van der Waals surface area contributed by atoms with Gasteiger partial charge >= 0.3 is 35.1 Å². The molecule has 0 radical (unpaired) electrons. The van der Waals surface area contributed by atoms with Crippen LogP contribution in [0.15, 0.2) is 130 Å². The van der Waals surface area contributed by atoms with E-state index in [0.29, 0.717) is 56.5 Å². The number of hydrogen-bond acceptors (Lipinski definition) is 10. The van der Waals surface area contributed by atoms with Crippen molar-refractivity contribution in [2.24, 2.45) is 0 Å². The van der Waals surface area contributed by atoms with Crippen molar-refractivity contribution >= 4 is 11.4 Å². The molecule has 2 N–H and O–H groups in total. The van der Waals surface area contributed by atoms with Crippen LogP contribution in [0.4, 0.5) is 11.4 Å². The Hall–Kier alpha value is -7.48. The second kappa shape index (κ2) is 13.4. The van der Waals surface area contributed by atoms with Crippen molar-refractivity contribution in [3.8, 4) is 80.2 Å². The number of hydrogen-bond donors (Lipinski definition) is 2. The third-order valence-electron chi connectivity index (χ3n) is 8.39. The molecule has 14 heteroatoms. The van der Waals surface area contributed by atoms with E-state index in [2.05, 4.69) is 0 Å².